The number of carbonyl (C=O) groups is 1. The first-order valence-corrected chi connectivity index (χ1v) is 9.82. The van der Waals surface area contributed by atoms with Crippen molar-refractivity contribution in [2.24, 2.45) is 0 Å². The molecule has 1 aliphatic heterocycles. The van der Waals surface area contributed by atoms with Gasteiger partial charge < -0.3 is 14.6 Å². The molecule has 3 aromatic rings. The maximum absolute atomic E-state index is 13.3. The average Bonchev–Trinajstić information content (AvgIpc) is 3.27. The highest BCUT2D eigenvalue weighted by Crippen LogP contribution is 2.36. The molecule has 2 aromatic heterocycles. The van der Waals surface area contributed by atoms with Crippen molar-refractivity contribution >= 4 is 17.3 Å². The monoisotopic (exact) mass is 430 g/mol. The molecule has 162 valence electrons. The Morgan fingerprint density at radius 3 is 2.55 bits per heavy atom. The van der Waals surface area contributed by atoms with Crippen LogP contribution in [0.15, 0.2) is 65.6 Å². The van der Waals surface area contributed by atoms with E-state index in [0.717, 1.165) is 37.3 Å². The number of hydrogen-bond donors (Lipinski definition) is 1. The first kappa shape index (κ1) is 20.9. The summed E-state index contributed by atoms with van der Waals surface area (Å²) in [5, 5.41) is 2.62. The van der Waals surface area contributed by atoms with E-state index in [-0.39, 0.29) is 11.4 Å². The summed E-state index contributed by atoms with van der Waals surface area (Å²) in [6, 6.07) is 10.2. The van der Waals surface area contributed by atoms with E-state index in [1.165, 1.54) is 18.3 Å². The number of rotatable bonds is 5. The minimum Gasteiger partial charge on any atom is -0.472 e. The Morgan fingerprint density at radius 2 is 1.90 bits per heavy atom. The Morgan fingerprint density at radius 1 is 1.10 bits per heavy atom. The fraction of sp³-hybridized carbons (Fsp3) is 0.273. The van der Waals surface area contributed by atoms with Crippen LogP contribution in [-0.4, -0.2) is 42.0 Å². The van der Waals surface area contributed by atoms with Crippen LogP contribution >= 0.6 is 0 Å². The zero-order valence-electron chi connectivity index (χ0n) is 16.6. The molecule has 1 amide bonds. The summed E-state index contributed by atoms with van der Waals surface area (Å²) >= 11 is 0. The van der Waals surface area contributed by atoms with E-state index >= 15 is 0 Å². The van der Waals surface area contributed by atoms with Crippen molar-refractivity contribution in [1.82, 2.24) is 9.88 Å². The summed E-state index contributed by atoms with van der Waals surface area (Å²) in [6.07, 6.45) is 0.283. The van der Waals surface area contributed by atoms with Crippen LogP contribution < -0.4 is 10.2 Å². The van der Waals surface area contributed by atoms with E-state index in [1.807, 2.05) is 11.0 Å². The molecule has 0 aliphatic carbocycles. The van der Waals surface area contributed by atoms with E-state index < -0.39 is 17.6 Å². The Kier molecular flexibility index (Phi) is 5.94. The minimum atomic E-state index is -4.51. The van der Waals surface area contributed by atoms with Gasteiger partial charge in [0.1, 0.15) is 5.69 Å². The lowest BCUT2D eigenvalue weighted by atomic mass is 10.1. The maximum atomic E-state index is 13.3. The number of nitrogens with zero attached hydrogens (tertiary/aromatic N) is 3. The number of hydrogen-bond acceptors (Lipinski definition) is 5. The van der Waals surface area contributed by atoms with Gasteiger partial charge in [-0.05, 0) is 36.4 Å². The molecule has 1 N–H and O–H groups in total. The second-order valence-corrected chi connectivity index (χ2v) is 7.29. The van der Waals surface area contributed by atoms with Crippen LogP contribution in [0.25, 0.3) is 0 Å². The summed E-state index contributed by atoms with van der Waals surface area (Å²) in [7, 11) is 0. The highest BCUT2D eigenvalue weighted by Gasteiger charge is 2.32. The Hall–Kier alpha value is -3.33. The number of amides is 1. The predicted octanol–water partition coefficient (Wildman–Crippen LogP) is 4.27. The molecule has 0 radical (unpaired) electrons. The van der Waals surface area contributed by atoms with Crippen molar-refractivity contribution in [1.29, 1.82) is 0 Å². The van der Waals surface area contributed by atoms with Gasteiger partial charge in [0.2, 0.25) is 0 Å². The van der Waals surface area contributed by atoms with E-state index in [1.54, 1.807) is 24.7 Å². The molecule has 1 aliphatic rings. The third-order valence-electron chi connectivity index (χ3n) is 5.17. The van der Waals surface area contributed by atoms with Crippen LogP contribution in [0.2, 0.25) is 0 Å². The third kappa shape index (κ3) is 5.05. The standard InChI is InChI=1S/C22H21F3N4O2/c23-22(24,25)17-4-5-20(19(13-17)27-21(30)18-3-1-2-7-26-18)29-10-8-28(9-11-29)14-16-6-12-31-15-16/h1-7,12-13,15H,8-11,14H2,(H,27,30). The molecule has 0 bridgehead atoms. The molecule has 3 heterocycles. The predicted molar refractivity (Wildman–Crippen MR) is 110 cm³/mol. The van der Waals surface area contributed by atoms with Crippen LogP contribution in [0.5, 0.6) is 0 Å². The summed E-state index contributed by atoms with van der Waals surface area (Å²) in [5.41, 5.74) is 1.07. The van der Waals surface area contributed by atoms with Gasteiger partial charge in [-0.3, -0.25) is 14.7 Å². The van der Waals surface area contributed by atoms with Crippen molar-refractivity contribution in [3.05, 3.63) is 78.0 Å². The molecule has 0 atom stereocenters. The summed E-state index contributed by atoms with van der Waals surface area (Å²) in [6.45, 7) is 3.46. The van der Waals surface area contributed by atoms with Crippen LogP contribution in [0.3, 0.4) is 0 Å². The molecule has 9 heteroatoms. The van der Waals surface area contributed by atoms with E-state index in [2.05, 4.69) is 15.2 Å². The second kappa shape index (κ2) is 8.81. The maximum Gasteiger partial charge on any atom is 0.416 e. The molecule has 1 aromatic carbocycles. The van der Waals surface area contributed by atoms with Gasteiger partial charge in [-0.1, -0.05) is 6.07 Å². The van der Waals surface area contributed by atoms with Crippen molar-refractivity contribution < 1.29 is 22.4 Å². The number of furan rings is 1. The quantitative estimate of drug-likeness (QED) is 0.655. The third-order valence-corrected chi connectivity index (χ3v) is 5.17. The SMILES string of the molecule is O=C(Nc1cc(C(F)(F)F)ccc1N1CCN(Cc2ccoc2)CC1)c1ccccn1. The molecular weight excluding hydrogens is 409 g/mol. The Labute approximate surface area is 177 Å². The summed E-state index contributed by atoms with van der Waals surface area (Å²) < 4.78 is 44.9. The molecule has 31 heavy (non-hydrogen) atoms. The van der Waals surface area contributed by atoms with Gasteiger partial charge in [0.25, 0.3) is 5.91 Å². The second-order valence-electron chi connectivity index (χ2n) is 7.29. The normalized spacial score (nSPS) is 15.1. The highest BCUT2D eigenvalue weighted by molar-refractivity contribution is 6.04. The highest BCUT2D eigenvalue weighted by atomic mass is 19.4. The summed E-state index contributed by atoms with van der Waals surface area (Å²) in [5.74, 6) is -0.556. The summed E-state index contributed by atoms with van der Waals surface area (Å²) in [4.78, 5) is 20.8. The molecule has 1 saturated heterocycles. The zero-order valence-corrected chi connectivity index (χ0v) is 16.6. The Bertz CT molecular complexity index is 1010. The van der Waals surface area contributed by atoms with Crippen molar-refractivity contribution in [3.8, 4) is 0 Å². The van der Waals surface area contributed by atoms with Gasteiger partial charge in [-0.25, -0.2) is 0 Å². The van der Waals surface area contributed by atoms with Crippen LogP contribution in [0, 0.1) is 0 Å². The van der Waals surface area contributed by atoms with Gasteiger partial charge in [0, 0.05) is 44.5 Å². The van der Waals surface area contributed by atoms with Crippen molar-refractivity contribution in [3.63, 3.8) is 0 Å². The van der Waals surface area contributed by atoms with Crippen molar-refractivity contribution in [2.45, 2.75) is 12.7 Å². The number of alkyl halides is 3. The molecule has 0 unspecified atom stereocenters. The van der Waals surface area contributed by atoms with E-state index in [0.29, 0.717) is 18.8 Å². The molecular formula is C22H21F3N4O2. The lowest BCUT2D eigenvalue weighted by Crippen LogP contribution is -2.46. The fourth-order valence-electron chi connectivity index (χ4n) is 3.56. The first-order chi connectivity index (χ1) is 14.9. The van der Waals surface area contributed by atoms with Crippen LogP contribution in [0.1, 0.15) is 21.6 Å². The van der Waals surface area contributed by atoms with Crippen LogP contribution in [0.4, 0.5) is 24.5 Å². The number of halogens is 3. The largest absolute Gasteiger partial charge is 0.472 e. The first-order valence-electron chi connectivity index (χ1n) is 9.82. The molecule has 6 nitrogen and oxygen atoms in total. The van der Waals surface area contributed by atoms with Gasteiger partial charge in [0.05, 0.1) is 29.5 Å². The zero-order chi connectivity index (χ0) is 21.8. The van der Waals surface area contributed by atoms with E-state index in [4.69, 9.17) is 4.42 Å². The molecule has 0 saturated carbocycles. The molecule has 0 spiro atoms. The molecule has 1 fully saturated rings. The number of pyridine rings is 1. The minimum absolute atomic E-state index is 0.119. The number of anilines is 2. The number of benzene rings is 1. The fourth-order valence-corrected chi connectivity index (χ4v) is 3.56. The lowest BCUT2D eigenvalue weighted by molar-refractivity contribution is -0.137. The van der Waals surface area contributed by atoms with E-state index in [9.17, 15) is 18.0 Å². The number of piperazine rings is 1. The topological polar surface area (TPSA) is 61.6 Å². The average molecular weight is 430 g/mol. The number of aromatic nitrogens is 1. The number of carbonyl (C=O) groups excluding carboxylic acids is 1. The van der Waals surface area contributed by atoms with Gasteiger partial charge in [-0.15, -0.1) is 0 Å². The Balaban J connectivity index is 1.53. The van der Waals surface area contributed by atoms with Gasteiger partial charge in [0.15, 0.2) is 0 Å². The molecule has 4 rings (SSSR count). The van der Waals surface area contributed by atoms with Crippen molar-refractivity contribution in [2.75, 3.05) is 36.4 Å². The van der Waals surface area contributed by atoms with Gasteiger partial charge in [-0.2, -0.15) is 13.2 Å². The number of nitrogens with one attached hydrogen (secondary N) is 1. The lowest BCUT2D eigenvalue weighted by Gasteiger charge is -2.37. The smallest absolute Gasteiger partial charge is 0.416 e. The van der Waals surface area contributed by atoms with Gasteiger partial charge >= 0.3 is 6.18 Å². The van der Waals surface area contributed by atoms with Crippen LogP contribution in [-0.2, 0) is 12.7 Å².